The number of carbonyl (C=O) groups is 1. The third-order valence-corrected chi connectivity index (χ3v) is 3.14. The summed E-state index contributed by atoms with van der Waals surface area (Å²) in [6.07, 6.45) is 0.128. The molecule has 3 nitrogen and oxygen atoms in total. The summed E-state index contributed by atoms with van der Waals surface area (Å²) in [4.78, 5) is 12.5. The molecule has 2 rings (SSSR count). The Labute approximate surface area is 85.4 Å². The van der Waals surface area contributed by atoms with E-state index >= 15 is 0 Å². The molecule has 2 aliphatic rings. The van der Waals surface area contributed by atoms with Crippen molar-refractivity contribution in [3.05, 3.63) is 0 Å². The van der Waals surface area contributed by atoms with Gasteiger partial charge in [0, 0.05) is 6.54 Å². The molecular weight excluding hydrogens is 209 g/mol. The Kier molecular flexibility index (Phi) is 2.05. The topological polar surface area (TPSA) is 46.3 Å². The first-order valence-electron chi connectivity index (χ1n) is 4.85. The van der Waals surface area contributed by atoms with E-state index in [0.29, 0.717) is 0 Å². The highest BCUT2D eigenvalue weighted by Gasteiger charge is 2.59. The molecule has 0 bridgehead atoms. The number of rotatable bonds is 1. The zero-order valence-electron chi connectivity index (χ0n) is 8.34. The zero-order valence-corrected chi connectivity index (χ0v) is 8.34. The number of nitrogens with two attached hydrogens (primary N) is 1. The summed E-state index contributed by atoms with van der Waals surface area (Å²) in [6, 6.07) is -1.33. The molecule has 1 unspecified atom stereocenters. The van der Waals surface area contributed by atoms with Crippen LogP contribution < -0.4 is 5.73 Å². The summed E-state index contributed by atoms with van der Waals surface area (Å²) in [5.74, 6) is -4.33. The smallest absolute Gasteiger partial charge is 0.281 e. The lowest BCUT2D eigenvalue weighted by Gasteiger charge is -2.15. The summed E-state index contributed by atoms with van der Waals surface area (Å²) >= 11 is 0. The predicted molar refractivity (Wildman–Crippen MR) is 47.1 cm³/mol. The predicted octanol–water partition coefficient (Wildman–Crippen LogP) is 0.539. The number of hydrogen-bond donors (Lipinski definition) is 1. The van der Waals surface area contributed by atoms with E-state index in [9.17, 15) is 18.0 Å². The van der Waals surface area contributed by atoms with Crippen LogP contribution in [-0.2, 0) is 4.79 Å². The van der Waals surface area contributed by atoms with Crippen molar-refractivity contribution >= 4 is 5.91 Å². The van der Waals surface area contributed by atoms with Crippen molar-refractivity contribution in [2.24, 2.45) is 11.7 Å². The summed E-state index contributed by atoms with van der Waals surface area (Å²) < 4.78 is 39.2. The van der Waals surface area contributed by atoms with Crippen molar-refractivity contribution in [2.75, 3.05) is 13.1 Å². The number of likely N-dealkylation sites (tertiary alicyclic amines) is 1. The van der Waals surface area contributed by atoms with Crippen LogP contribution in [0.15, 0.2) is 0 Å². The molecule has 1 aliphatic heterocycles. The SMILES string of the molecule is C[C@]1(F)C[C@H]1C(=O)N1CC(N)C(F)(F)C1. The molecule has 2 N–H and O–H groups in total. The highest BCUT2D eigenvalue weighted by molar-refractivity contribution is 5.83. The number of alkyl halides is 3. The lowest BCUT2D eigenvalue weighted by Crippen LogP contribution is -2.38. The fraction of sp³-hybridized carbons (Fsp3) is 0.889. The maximum atomic E-state index is 13.2. The normalized spacial score (nSPS) is 43.1. The van der Waals surface area contributed by atoms with Gasteiger partial charge >= 0.3 is 0 Å². The Morgan fingerprint density at radius 3 is 2.33 bits per heavy atom. The third kappa shape index (κ3) is 1.71. The maximum absolute atomic E-state index is 13.2. The van der Waals surface area contributed by atoms with Gasteiger partial charge in [-0.3, -0.25) is 4.79 Å². The van der Waals surface area contributed by atoms with E-state index in [1.807, 2.05) is 0 Å². The standard InChI is InChI=1S/C9H13F3N2O/c1-8(10)2-5(8)7(15)14-3-6(13)9(11,12)4-14/h5-6H,2-4,13H2,1H3/t5-,6?,8-/m0/s1. The van der Waals surface area contributed by atoms with Crippen molar-refractivity contribution in [3.8, 4) is 0 Å². The van der Waals surface area contributed by atoms with Gasteiger partial charge in [-0.2, -0.15) is 0 Å². The van der Waals surface area contributed by atoms with Gasteiger partial charge in [-0.15, -0.1) is 0 Å². The van der Waals surface area contributed by atoms with E-state index < -0.39 is 36.0 Å². The molecular formula is C9H13F3N2O. The van der Waals surface area contributed by atoms with E-state index in [4.69, 9.17) is 5.73 Å². The number of halogens is 3. The highest BCUT2D eigenvalue weighted by atomic mass is 19.3. The molecule has 3 atom stereocenters. The Hall–Kier alpha value is -0.780. The summed E-state index contributed by atoms with van der Waals surface area (Å²) in [5, 5.41) is 0. The van der Waals surface area contributed by atoms with Gasteiger partial charge in [0.25, 0.3) is 5.92 Å². The minimum atomic E-state index is -3.04. The summed E-state index contributed by atoms with van der Waals surface area (Å²) in [5.41, 5.74) is 3.68. The Morgan fingerprint density at radius 1 is 1.47 bits per heavy atom. The average molecular weight is 222 g/mol. The van der Waals surface area contributed by atoms with Crippen LogP contribution in [0.25, 0.3) is 0 Å². The van der Waals surface area contributed by atoms with Crippen LogP contribution in [0.1, 0.15) is 13.3 Å². The van der Waals surface area contributed by atoms with Crippen molar-refractivity contribution in [2.45, 2.75) is 31.0 Å². The van der Waals surface area contributed by atoms with Crippen molar-refractivity contribution in [1.82, 2.24) is 4.90 Å². The van der Waals surface area contributed by atoms with Crippen molar-refractivity contribution in [1.29, 1.82) is 0 Å². The van der Waals surface area contributed by atoms with Crippen LogP contribution in [0.3, 0.4) is 0 Å². The molecule has 1 aliphatic carbocycles. The molecule has 0 aromatic rings. The van der Waals surface area contributed by atoms with Crippen LogP contribution in [-0.4, -0.2) is 41.5 Å². The van der Waals surface area contributed by atoms with Gasteiger partial charge in [0.2, 0.25) is 5.91 Å². The fourth-order valence-electron chi connectivity index (χ4n) is 1.88. The lowest BCUT2D eigenvalue weighted by molar-refractivity contribution is -0.133. The molecule has 1 saturated carbocycles. The van der Waals surface area contributed by atoms with Crippen LogP contribution >= 0.6 is 0 Å². The molecule has 15 heavy (non-hydrogen) atoms. The number of hydrogen-bond acceptors (Lipinski definition) is 2. The van der Waals surface area contributed by atoms with Gasteiger partial charge in [-0.05, 0) is 13.3 Å². The van der Waals surface area contributed by atoms with Gasteiger partial charge in [-0.1, -0.05) is 0 Å². The van der Waals surface area contributed by atoms with Crippen LogP contribution in [0, 0.1) is 5.92 Å². The maximum Gasteiger partial charge on any atom is 0.281 e. The average Bonchev–Trinajstić information content (AvgIpc) is 2.62. The second kappa shape index (κ2) is 2.87. The van der Waals surface area contributed by atoms with Gasteiger partial charge in [0.1, 0.15) is 5.67 Å². The van der Waals surface area contributed by atoms with Crippen LogP contribution in [0.4, 0.5) is 13.2 Å². The first-order valence-corrected chi connectivity index (χ1v) is 4.85. The third-order valence-electron chi connectivity index (χ3n) is 3.14. The van der Waals surface area contributed by atoms with Gasteiger partial charge < -0.3 is 10.6 Å². The lowest BCUT2D eigenvalue weighted by atomic mass is 10.2. The number of nitrogens with zero attached hydrogens (tertiary/aromatic N) is 1. The van der Waals surface area contributed by atoms with Crippen molar-refractivity contribution < 1.29 is 18.0 Å². The first-order chi connectivity index (χ1) is 6.74. The first kappa shape index (κ1) is 10.7. The molecule has 1 heterocycles. The fourth-order valence-corrected chi connectivity index (χ4v) is 1.88. The zero-order chi connectivity index (χ0) is 11.4. The van der Waals surface area contributed by atoms with E-state index in [1.54, 1.807) is 0 Å². The largest absolute Gasteiger partial charge is 0.334 e. The minimum Gasteiger partial charge on any atom is -0.334 e. The van der Waals surface area contributed by atoms with Gasteiger partial charge in [-0.25, -0.2) is 13.2 Å². The van der Waals surface area contributed by atoms with Crippen LogP contribution in [0.2, 0.25) is 0 Å². The summed E-state index contributed by atoms with van der Waals surface area (Å²) in [7, 11) is 0. The highest BCUT2D eigenvalue weighted by Crippen LogP contribution is 2.48. The minimum absolute atomic E-state index is 0.128. The molecule has 6 heteroatoms. The molecule has 86 valence electrons. The molecule has 0 spiro atoms. The second-order valence-electron chi connectivity index (χ2n) is 4.62. The van der Waals surface area contributed by atoms with E-state index in [2.05, 4.69) is 0 Å². The van der Waals surface area contributed by atoms with E-state index in [0.717, 1.165) is 4.90 Å². The molecule has 1 saturated heterocycles. The Morgan fingerprint density at radius 2 is 2.00 bits per heavy atom. The van der Waals surface area contributed by atoms with Crippen LogP contribution in [0.5, 0.6) is 0 Å². The molecule has 0 aromatic carbocycles. The number of carbonyl (C=O) groups excluding carboxylic acids is 1. The number of amides is 1. The van der Waals surface area contributed by atoms with Crippen molar-refractivity contribution in [3.63, 3.8) is 0 Å². The van der Waals surface area contributed by atoms with E-state index in [-0.39, 0.29) is 13.0 Å². The van der Waals surface area contributed by atoms with Gasteiger partial charge in [0.05, 0.1) is 18.5 Å². The monoisotopic (exact) mass is 222 g/mol. The quantitative estimate of drug-likeness (QED) is 0.703. The molecule has 0 radical (unpaired) electrons. The molecule has 1 amide bonds. The van der Waals surface area contributed by atoms with E-state index in [1.165, 1.54) is 6.92 Å². The molecule has 2 fully saturated rings. The Balaban J connectivity index is 2.00. The Bertz CT molecular complexity index is 306. The summed E-state index contributed by atoms with van der Waals surface area (Å²) in [6.45, 7) is 0.446. The van der Waals surface area contributed by atoms with Gasteiger partial charge in [0.15, 0.2) is 0 Å². The second-order valence-corrected chi connectivity index (χ2v) is 4.62. The molecule has 0 aromatic heterocycles.